The molecule has 0 aliphatic carbocycles. The van der Waals surface area contributed by atoms with Crippen molar-refractivity contribution in [1.82, 2.24) is 29.3 Å². The Balaban J connectivity index is 1.71. The van der Waals surface area contributed by atoms with Gasteiger partial charge in [0.1, 0.15) is 36.2 Å². The molecule has 3 heterocycles. The lowest BCUT2D eigenvalue weighted by atomic mass is 10.1. The van der Waals surface area contributed by atoms with Gasteiger partial charge in [-0.1, -0.05) is 0 Å². The molecule has 3 rings (SSSR count). The van der Waals surface area contributed by atoms with Crippen LogP contribution < -0.4 is 11.5 Å². The number of rotatable bonds is 11. The van der Waals surface area contributed by atoms with Crippen molar-refractivity contribution in [2.24, 2.45) is 5.73 Å². The molecule has 2 aromatic heterocycles. The summed E-state index contributed by atoms with van der Waals surface area (Å²) >= 11 is 0. The maximum Gasteiger partial charge on any atom is 0.320 e. The monoisotopic (exact) mass is 452 g/mol. The molecule has 178 valence electrons. The van der Waals surface area contributed by atoms with Crippen LogP contribution >= 0.6 is 0 Å². The molecule has 5 atom stereocenters. The summed E-state index contributed by atoms with van der Waals surface area (Å²) in [7, 11) is 3.95. The number of imidazole rings is 1. The predicted octanol–water partition coefficient (Wildman–Crippen LogP) is -1.92. The number of nitrogens with two attached hydrogens (primary N) is 2. The molecule has 13 heteroatoms. The normalized spacial score (nSPS) is 24.6. The summed E-state index contributed by atoms with van der Waals surface area (Å²) in [4.78, 5) is 27.4. The Morgan fingerprint density at radius 1 is 1.22 bits per heavy atom. The van der Waals surface area contributed by atoms with Gasteiger partial charge in [-0.05, 0) is 40.0 Å². The quantitative estimate of drug-likeness (QED) is 0.254. The van der Waals surface area contributed by atoms with Gasteiger partial charge in [0.2, 0.25) is 0 Å². The Kier molecular flexibility index (Phi) is 7.92. The second-order valence-corrected chi connectivity index (χ2v) is 8.32. The highest BCUT2D eigenvalue weighted by molar-refractivity contribution is 5.81. The minimum Gasteiger partial charge on any atom is -0.480 e. The second-order valence-electron chi connectivity index (χ2n) is 8.32. The summed E-state index contributed by atoms with van der Waals surface area (Å²) in [6.07, 6.45) is -0.130. The number of carbonyl (C=O) groups is 1. The van der Waals surface area contributed by atoms with E-state index in [1.54, 1.807) is 0 Å². The summed E-state index contributed by atoms with van der Waals surface area (Å²) < 4.78 is 7.54. The van der Waals surface area contributed by atoms with Crippen molar-refractivity contribution >= 4 is 23.0 Å². The summed E-state index contributed by atoms with van der Waals surface area (Å²) in [5.41, 5.74) is 12.3. The summed E-state index contributed by atoms with van der Waals surface area (Å²) in [6, 6.07) is -0.971. The number of anilines is 1. The number of nitrogen functional groups attached to an aromatic ring is 1. The molecule has 7 N–H and O–H groups in total. The van der Waals surface area contributed by atoms with Crippen molar-refractivity contribution < 1.29 is 24.9 Å². The Hall–Kier alpha value is -2.42. The van der Waals surface area contributed by atoms with Crippen LogP contribution in [0.4, 0.5) is 5.82 Å². The molecule has 0 saturated carbocycles. The zero-order valence-electron chi connectivity index (χ0n) is 18.3. The third-order valence-corrected chi connectivity index (χ3v) is 5.59. The number of carboxylic acid groups (broad SMARTS) is 1. The topological polar surface area (TPSA) is 189 Å². The first-order valence-corrected chi connectivity index (χ1v) is 10.5. The first-order chi connectivity index (χ1) is 15.2. The van der Waals surface area contributed by atoms with E-state index in [1.165, 1.54) is 17.2 Å². The Bertz CT molecular complexity index is 909. The number of nitrogens with zero attached hydrogens (tertiary/aromatic N) is 6. The summed E-state index contributed by atoms with van der Waals surface area (Å²) in [6.45, 7) is 2.24. The fourth-order valence-corrected chi connectivity index (χ4v) is 3.77. The largest absolute Gasteiger partial charge is 0.480 e. The zero-order valence-corrected chi connectivity index (χ0v) is 18.3. The summed E-state index contributed by atoms with van der Waals surface area (Å²) in [5.74, 6) is -0.848. The molecule has 0 radical (unpaired) electrons. The van der Waals surface area contributed by atoms with E-state index in [-0.39, 0.29) is 12.2 Å². The highest BCUT2D eigenvalue weighted by atomic mass is 16.6. The minimum atomic E-state index is -1.21. The molecule has 1 aliphatic heterocycles. The van der Waals surface area contributed by atoms with Crippen molar-refractivity contribution in [3.05, 3.63) is 12.7 Å². The van der Waals surface area contributed by atoms with Gasteiger partial charge in [-0.3, -0.25) is 9.36 Å². The van der Waals surface area contributed by atoms with Crippen LogP contribution in [0.3, 0.4) is 0 Å². The molecule has 1 saturated heterocycles. The Morgan fingerprint density at radius 2 is 1.97 bits per heavy atom. The van der Waals surface area contributed by atoms with E-state index in [0.717, 1.165) is 13.0 Å². The third-order valence-electron chi connectivity index (χ3n) is 5.59. The first kappa shape index (κ1) is 24.2. The lowest BCUT2D eigenvalue weighted by Gasteiger charge is -2.27. The van der Waals surface area contributed by atoms with Crippen LogP contribution in [0.15, 0.2) is 12.7 Å². The number of carboxylic acids is 1. The molecule has 13 nitrogen and oxygen atoms in total. The van der Waals surface area contributed by atoms with Crippen LogP contribution in [-0.4, -0.2) is 115 Å². The van der Waals surface area contributed by atoms with Gasteiger partial charge >= 0.3 is 5.97 Å². The molecule has 2 aromatic rings. The average Bonchev–Trinajstić information content (AvgIpc) is 3.28. The SMILES string of the molecule is CN(C)CCCN(CC[C@H](N)C(=O)O)C[C@H]1O[C@@H](n2cnc3c(N)ncnc32)[C@H](O)[C@@H]1O. The highest BCUT2D eigenvalue weighted by Crippen LogP contribution is 2.32. The second kappa shape index (κ2) is 10.5. The number of aliphatic carboxylic acids is 1. The molecule has 0 amide bonds. The van der Waals surface area contributed by atoms with Gasteiger partial charge in [0.15, 0.2) is 17.7 Å². The smallest absolute Gasteiger partial charge is 0.320 e. The fourth-order valence-electron chi connectivity index (χ4n) is 3.77. The maximum absolute atomic E-state index is 11.1. The summed E-state index contributed by atoms with van der Waals surface area (Å²) in [5, 5.41) is 30.4. The minimum absolute atomic E-state index is 0.208. The lowest BCUT2D eigenvalue weighted by Crippen LogP contribution is -2.43. The third kappa shape index (κ3) is 5.49. The first-order valence-electron chi connectivity index (χ1n) is 10.5. The average molecular weight is 453 g/mol. The van der Waals surface area contributed by atoms with Crippen LogP contribution in [0, 0.1) is 0 Å². The van der Waals surface area contributed by atoms with Crippen LogP contribution in [0.25, 0.3) is 11.2 Å². The van der Waals surface area contributed by atoms with E-state index in [9.17, 15) is 15.0 Å². The predicted molar refractivity (Wildman–Crippen MR) is 115 cm³/mol. The zero-order chi connectivity index (χ0) is 23.4. The lowest BCUT2D eigenvalue weighted by molar-refractivity contribution is -0.138. The number of aliphatic hydroxyl groups is 2. The maximum atomic E-state index is 11.1. The van der Waals surface area contributed by atoms with Gasteiger partial charge in [0.25, 0.3) is 0 Å². The van der Waals surface area contributed by atoms with Gasteiger partial charge in [0, 0.05) is 13.1 Å². The van der Waals surface area contributed by atoms with E-state index >= 15 is 0 Å². The van der Waals surface area contributed by atoms with Crippen molar-refractivity contribution in [3.8, 4) is 0 Å². The number of fused-ring (bicyclic) bond motifs is 1. The van der Waals surface area contributed by atoms with Gasteiger partial charge in [-0.25, -0.2) is 15.0 Å². The molecule has 0 spiro atoms. The van der Waals surface area contributed by atoms with Crippen LogP contribution in [0.2, 0.25) is 0 Å². The van der Waals surface area contributed by atoms with Crippen molar-refractivity contribution in [3.63, 3.8) is 0 Å². The van der Waals surface area contributed by atoms with E-state index < -0.39 is 36.6 Å². The van der Waals surface area contributed by atoms with Gasteiger partial charge in [-0.15, -0.1) is 0 Å². The molecule has 0 unspecified atom stereocenters. The molecule has 1 fully saturated rings. The van der Waals surface area contributed by atoms with Crippen LogP contribution in [0.1, 0.15) is 19.1 Å². The molecule has 0 aromatic carbocycles. The number of aliphatic hydroxyl groups excluding tert-OH is 2. The van der Waals surface area contributed by atoms with Crippen LogP contribution in [-0.2, 0) is 9.53 Å². The van der Waals surface area contributed by atoms with E-state index in [2.05, 4.69) is 19.9 Å². The fraction of sp³-hybridized carbons (Fsp3) is 0.684. The van der Waals surface area contributed by atoms with Gasteiger partial charge in [-0.2, -0.15) is 0 Å². The van der Waals surface area contributed by atoms with Crippen molar-refractivity contribution in [2.75, 3.05) is 46.0 Å². The number of hydrogen-bond donors (Lipinski definition) is 5. The number of hydrogen-bond acceptors (Lipinski definition) is 11. The van der Waals surface area contributed by atoms with E-state index in [4.69, 9.17) is 21.3 Å². The molecular weight excluding hydrogens is 420 g/mol. The van der Waals surface area contributed by atoms with E-state index in [0.29, 0.717) is 30.8 Å². The number of aromatic nitrogens is 4. The Morgan fingerprint density at radius 3 is 2.66 bits per heavy atom. The molecule has 0 bridgehead atoms. The van der Waals surface area contributed by atoms with E-state index in [1.807, 2.05) is 19.0 Å². The van der Waals surface area contributed by atoms with Crippen molar-refractivity contribution in [1.29, 1.82) is 0 Å². The molecule has 32 heavy (non-hydrogen) atoms. The van der Waals surface area contributed by atoms with Crippen LogP contribution in [0.5, 0.6) is 0 Å². The van der Waals surface area contributed by atoms with Gasteiger partial charge < -0.3 is 41.3 Å². The number of ether oxygens (including phenoxy) is 1. The standard InChI is InChI=1S/C19H32N8O5/c1-25(2)5-3-6-26(7-4-11(20)19(30)31)8-12-14(28)15(29)18(32-12)27-10-24-13-16(21)22-9-23-17(13)27/h9-12,14-15,18,28-29H,3-8,20H2,1-2H3,(H,30,31)(H2,21,22,23)/t11-,12+,14+,15+,18+/m0/s1. The molecular formula is C19H32N8O5. The van der Waals surface area contributed by atoms with Crippen molar-refractivity contribution in [2.45, 2.75) is 43.4 Å². The Labute approximate surface area is 185 Å². The molecule has 1 aliphatic rings. The van der Waals surface area contributed by atoms with Gasteiger partial charge in [0.05, 0.1) is 6.33 Å². The highest BCUT2D eigenvalue weighted by Gasteiger charge is 2.44.